The van der Waals surface area contributed by atoms with E-state index in [1.165, 1.54) is 7.11 Å². The van der Waals surface area contributed by atoms with Gasteiger partial charge in [0.15, 0.2) is 0 Å². The molecule has 0 aliphatic carbocycles. The van der Waals surface area contributed by atoms with Crippen LogP contribution in [0.2, 0.25) is 0 Å². The van der Waals surface area contributed by atoms with Gasteiger partial charge in [-0.2, -0.15) is 0 Å². The van der Waals surface area contributed by atoms with Gasteiger partial charge in [-0.1, -0.05) is 15.9 Å². The minimum atomic E-state index is -0.497. The lowest BCUT2D eigenvalue weighted by Crippen LogP contribution is -2.32. The zero-order chi connectivity index (χ0) is 11.7. The summed E-state index contributed by atoms with van der Waals surface area (Å²) >= 11 is 3.14. The van der Waals surface area contributed by atoms with E-state index in [2.05, 4.69) is 26.0 Å². The summed E-state index contributed by atoms with van der Waals surface area (Å²) in [6.07, 6.45) is 0. The van der Waals surface area contributed by atoms with Crippen LogP contribution in [0.5, 0.6) is 0 Å². The molecule has 7 heteroatoms. The van der Waals surface area contributed by atoms with Crippen molar-refractivity contribution in [2.75, 3.05) is 33.4 Å². The quantitative estimate of drug-likeness (QED) is 0.339. The Morgan fingerprint density at radius 1 is 1.53 bits per heavy atom. The highest BCUT2D eigenvalue weighted by molar-refractivity contribution is 9.10. The lowest BCUT2D eigenvalue weighted by atomic mass is 10.4. The molecule has 0 saturated carbocycles. The van der Waals surface area contributed by atoms with Gasteiger partial charge in [0.1, 0.15) is 11.4 Å². The fraction of sp³-hybridized carbons (Fsp3) is 0.750. The minimum absolute atomic E-state index is 0.0869. The monoisotopic (exact) mass is 282 g/mol. The van der Waals surface area contributed by atoms with Crippen molar-refractivity contribution in [1.29, 1.82) is 0 Å². The Morgan fingerprint density at radius 3 is 2.73 bits per heavy atom. The third-order valence-corrected chi connectivity index (χ3v) is 2.15. The summed E-state index contributed by atoms with van der Waals surface area (Å²) in [7, 11) is 1.33. The first-order valence-electron chi connectivity index (χ1n) is 4.36. The highest BCUT2D eigenvalue weighted by Gasteiger charge is 2.13. The molecule has 6 nitrogen and oxygen atoms in total. The topological polar surface area (TPSA) is 90.7 Å². The van der Waals surface area contributed by atoms with Gasteiger partial charge in [0.2, 0.25) is 5.91 Å². The van der Waals surface area contributed by atoms with Gasteiger partial charge in [-0.3, -0.25) is 9.59 Å². The van der Waals surface area contributed by atoms with Gasteiger partial charge in [-0.05, 0) is 0 Å². The SMILES string of the molecule is COC(=O)C(Br)CNCCOCC(N)=O. The number of alkyl halides is 1. The van der Waals surface area contributed by atoms with Gasteiger partial charge >= 0.3 is 5.97 Å². The molecular weight excluding hydrogens is 268 g/mol. The number of nitrogens with two attached hydrogens (primary N) is 1. The van der Waals surface area contributed by atoms with E-state index in [1.807, 2.05) is 0 Å². The van der Waals surface area contributed by atoms with E-state index >= 15 is 0 Å². The van der Waals surface area contributed by atoms with E-state index in [1.54, 1.807) is 0 Å². The molecule has 0 aromatic carbocycles. The second-order valence-electron chi connectivity index (χ2n) is 2.71. The number of rotatable bonds is 8. The summed E-state index contributed by atoms with van der Waals surface area (Å²) in [6.45, 7) is 1.25. The fourth-order valence-electron chi connectivity index (χ4n) is 0.757. The number of methoxy groups -OCH3 is 1. The normalized spacial score (nSPS) is 12.1. The Balaban J connectivity index is 3.31. The molecule has 1 unspecified atom stereocenters. The van der Waals surface area contributed by atoms with Crippen molar-refractivity contribution in [3.05, 3.63) is 0 Å². The molecule has 1 atom stereocenters. The molecule has 3 N–H and O–H groups in total. The largest absolute Gasteiger partial charge is 0.468 e. The predicted molar refractivity (Wildman–Crippen MR) is 57.6 cm³/mol. The van der Waals surface area contributed by atoms with Crippen molar-refractivity contribution < 1.29 is 19.1 Å². The number of esters is 1. The Morgan fingerprint density at radius 2 is 2.20 bits per heavy atom. The molecule has 0 fully saturated rings. The third kappa shape index (κ3) is 8.34. The Kier molecular flexibility index (Phi) is 8.25. The fourth-order valence-corrected chi connectivity index (χ4v) is 1.17. The summed E-state index contributed by atoms with van der Waals surface area (Å²) in [6, 6.07) is 0. The second-order valence-corrected chi connectivity index (χ2v) is 3.82. The van der Waals surface area contributed by atoms with E-state index in [0.717, 1.165) is 0 Å². The molecule has 0 aliphatic rings. The first-order chi connectivity index (χ1) is 7.07. The highest BCUT2D eigenvalue weighted by atomic mass is 79.9. The van der Waals surface area contributed by atoms with Crippen LogP contribution in [-0.4, -0.2) is 50.1 Å². The van der Waals surface area contributed by atoms with Gasteiger partial charge in [0.25, 0.3) is 0 Å². The lowest BCUT2D eigenvalue weighted by molar-refractivity contribution is -0.139. The van der Waals surface area contributed by atoms with Crippen molar-refractivity contribution in [2.45, 2.75) is 4.83 Å². The molecule has 0 aliphatic heterocycles. The first-order valence-corrected chi connectivity index (χ1v) is 5.28. The molecular formula is C8H15BrN2O4. The number of carbonyl (C=O) groups is 2. The molecule has 0 spiro atoms. The van der Waals surface area contributed by atoms with E-state index in [4.69, 9.17) is 10.5 Å². The minimum Gasteiger partial charge on any atom is -0.468 e. The van der Waals surface area contributed by atoms with E-state index < -0.39 is 5.91 Å². The molecule has 0 aromatic heterocycles. The van der Waals surface area contributed by atoms with Crippen LogP contribution in [0.1, 0.15) is 0 Å². The van der Waals surface area contributed by atoms with Crippen LogP contribution in [-0.2, 0) is 19.1 Å². The highest BCUT2D eigenvalue weighted by Crippen LogP contribution is 1.99. The van der Waals surface area contributed by atoms with Crippen LogP contribution in [0.25, 0.3) is 0 Å². The second kappa shape index (κ2) is 8.63. The number of ether oxygens (including phenoxy) is 2. The maximum absolute atomic E-state index is 10.9. The summed E-state index contributed by atoms with van der Waals surface area (Å²) < 4.78 is 9.40. The van der Waals surface area contributed by atoms with Gasteiger partial charge in [0.05, 0.1) is 13.7 Å². The smallest absolute Gasteiger partial charge is 0.320 e. The number of primary amides is 1. The van der Waals surface area contributed by atoms with Crippen LogP contribution < -0.4 is 11.1 Å². The summed E-state index contributed by atoms with van der Waals surface area (Å²) in [5.41, 5.74) is 4.86. The van der Waals surface area contributed by atoms with Crippen molar-refractivity contribution in [2.24, 2.45) is 5.73 Å². The summed E-state index contributed by atoms with van der Waals surface area (Å²) in [5.74, 6) is -0.830. The molecule has 0 radical (unpaired) electrons. The summed E-state index contributed by atoms with van der Waals surface area (Å²) in [4.78, 5) is 20.8. The molecule has 1 amide bonds. The summed E-state index contributed by atoms with van der Waals surface area (Å²) in [5, 5.41) is 2.95. The number of hydrogen-bond acceptors (Lipinski definition) is 5. The maximum atomic E-state index is 10.9. The van der Waals surface area contributed by atoms with Crippen LogP contribution in [0.15, 0.2) is 0 Å². The number of carbonyl (C=O) groups excluding carboxylic acids is 2. The van der Waals surface area contributed by atoms with Gasteiger partial charge in [-0.15, -0.1) is 0 Å². The van der Waals surface area contributed by atoms with Crippen molar-refractivity contribution in [3.8, 4) is 0 Å². The van der Waals surface area contributed by atoms with Crippen molar-refractivity contribution in [1.82, 2.24) is 5.32 Å². The Bertz CT molecular complexity index is 213. The number of halogens is 1. The molecule has 0 heterocycles. The van der Waals surface area contributed by atoms with Crippen LogP contribution in [0.4, 0.5) is 0 Å². The molecule has 0 aromatic rings. The van der Waals surface area contributed by atoms with Gasteiger partial charge in [0, 0.05) is 13.1 Å². The van der Waals surface area contributed by atoms with Gasteiger partial charge < -0.3 is 20.5 Å². The zero-order valence-corrected chi connectivity index (χ0v) is 10.1. The Hall–Kier alpha value is -0.660. The van der Waals surface area contributed by atoms with Crippen molar-refractivity contribution in [3.63, 3.8) is 0 Å². The van der Waals surface area contributed by atoms with E-state index in [9.17, 15) is 9.59 Å². The van der Waals surface area contributed by atoms with Crippen LogP contribution in [0.3, 0.4) is 0 Å². The first kappa shape index (κ1) is 14.3. The van der Waals surface area contributed by atoms with Crippen molar-refractivity contribution >= 4 is 27.8 Å². The number of nitrogens with one attached hydrogen (secondary N) is 1. The zero-order valence-electron chi connectivity index (χ0n) is 8.49. The molecule has 15 heavy (non-hydrogen) atoms. The number of hydrogen-bond donors (Lipinski definition) is 2. The molecule has 0 saturated heterocycles. The predicted octanol–water partition coefficient (Wildman–Crippen LogP) is -0.986. The van der Waals surface area contributed by atoms with E-state index in [0.29, 0.717) is 19.7 Å². The number of amides is 1. The van der Waals surface area contributed by atoms with Gasteiger partial charge in [-0.25, -0.2) is 0 Å². The van der Waals surface area contributed by atoms with Crippen LogP contribution >= 0.6 is 15.9 Å². The molecule has 0 bridgehead atoms. The average molecular weight is 283 g/mol. The standard InChI is InChI=1S/C8H15BrN2O4/c1-14-8(13)6(9)4-11-2-3-15-5-7(10)12/h6,11H,2-5H2,1H3,(H2,10,12). The van der Waals surface area contributed by atoms with Crippen LogP contribution in [0, 0.1) is 0 Å². The maximum Gasteiger partial charge on any atom is 0.320 e. The lowest BCUT2D eigenvalue weighted by Gasteiger charge is -2.08. The third-order valence-electron chi connectivity index (χ3n) is 1.45. The molecule has 88 valence electrons. The average Bonchev–Trinajstić information content (AvgIpc) is 2.21. The Labute approximate surface area is 96.6 Å². The van der Waals surface area contributed by atoms with E-state index in [-0.39, 0.29) is 17.4 Å². The molecule has 0 rings (SSSR count).